The molecule has 1 rings (SSSR count). The smallest absolute Gasteiger partial charge is 0.0321 e. The van der Waals surface area contributed by atoms with Crippen molar-refractivity contribution in [2.24, 2.45) is 0 Å². The van der Waals surface area contributed by atoms with Crippen molar-refractivity contribution in [3.8, 4) is 0 Å². The molecule has 66 valence electrons. The van der Waals surface area contributed by atoms with Crippen LogP contribution < -0.4 is 0 Å². The molecule has 0 bridgehead atoms. The Kier molecular flexibility index (Phi) is 3.20. The quantitative estimate of drug-likeness (QED) is 0.521. The summed E-state index contributed by atoms with van der Waals surface area (Å²) < 4.78 is 0.528. The molecular formula is C9H18IN. The van der Waals surface area contributed by atoms with Gasteiger partial charge in [-0.25, -0.2) is 0 Å². The van der Waals surface area contributed by atoms with Crippen LogP contribution in [-0.4, -0.2) is 27.5 Å². The fraction of sp³-hybridized carbons (Fsp3) is 1.00. The summed E-state index contributed by atoms with van der Waals surface area (Å²) in [6.45, 7) is 9.51. The minimum Gasteiger partial charge on any atom is -0.300 e. The van der Waals surface area contributed by atoms with Gasteiger partial charge in [0.25, 0.3) is 0 Å². The van der Waals surface area contributed by atoms with Crippen molar-refractivity contribution in [2.75, 3.05) is 13.1 Å². The maximum absolute atomic E-state index is 2.60. The third kappa shape index (κ3) is 2.90. The lowest BCUT2D eigenvalue weighted by molar-refractivity contribution is 0.167. The second-order valence-electron chi connectivity index (χ2n) is 4.08. The molecule has 0 aliphatic carbocycles. The van der Waals surface area contributed by atoms with Gasteiger partial charge in [-0.3, -0.25) is 4.90 Å². The van der Waals surface area contributed by atoms with E-state index in [2.05, 4.69) is 48.3 Å². The zero-order valence-corrected chi connectivity index (χ0v) is 9.89. The summed E-state index contributed by atoms with van der Waals surface area (Å²) in [5.74, 6) is 0. The fourth-order valence-electron chi connectivity index (χ4n) is 1.67. The summed E-state index contributed by atoms with van der Waals surface area (Å²) in [6, 6.07) is 0.726. The molecule has 0 saturated carbocycles. The Morgan fingerprint density at radius 3 is 2.45 bits per heavy atom. The maximum Gasteiger partial charge on any atom is 0.0321 e. The lowest BCUT2D eigenvalue weighted by Crippen LogP contribution is -2.45. The van der Waals surface area contributed by atoms with Crippen LogP contribution in [0.2, 0.25) is 0 Å². The van der Waals surface area contributed by atoms with Gasteiger partial charge in [-0.2, -0.15) is 0 Å². The van der Waals surface area contributed by atoms with E-state index in [1.54, 1.807) is 0 Å². The molecule has 1 nitrogen and oxygen atoms in total. The van der Waals surface area contributed by atoms with E-state index in [0.717, 1.165) is 6.04 Å². The van der Waals surface area contributed by atoms with Gasteiger partial charge in [-0.15, -0.1) is 0 Å². The van der Waals surface area contributed by atoms with Gasteiger partial charge < -0.3 is 0 Å². The third-order valence-electron chi connectivity index (χ3n) is 2.41. The van der Waals surface area contributed by atoms with E-state index in [4.69, 9.17) is 0 Å². The fourth-order valence-corrected chi connectivity index (χ4v) is 2.49. The summed E-state index contributed by atoms with van der Waals surface area (Å²) in [5.41, 5.74) is 0. The van der Waals surface area contributed by atoms with Crippen molar-refractivity contribution in [1.82, 2.24) is 4.90 Å². The van der Waals surface area contributed by atoms with Gasteiger partial charge in [-0.1, -0.05) is 22.6 Å². The van der Waals surface area contributed by atoms with Crippen molar-refractivity contribution >= 4 is 22.6 Å². The van der Waals surface area contributed by atoms with E-state index >= 15 is 0 Å². The highest BCUT2D eigenvalue weighted by atomic mass is 127. The Hall–Kier alpha value is 0.690. The van der Waals surface area contributed by atoms with Gasteiger partial charge in [0.1, 0.15) is 0 Å². The predicted octanol–water partition coefficient (Wildman–Crippen LogP) is 2.68. The molecule has 0 aromatic heterocycles. The number of hydrogen-bond acceptors (Lipinski definition) is 1. The number of halogens is 1. The highest BCUT2D eigenvalue weighted by molar-refractivity contribution is 14.1. The normalized spacial score (nSPS) is 34.6. The molecule has 1 heterocycles. The molecule has 0 radical (unpaired) electrons. The maximum atomic E-state index is 2.60. The zero-order valence-electron chi connectivity index (χ0n) is 7.73. The molecule has 1 aliphatic rings. The van der Waals surface area contributed by atoms with Gasteiger partial charge in [0.2, 0.25) is 0 Å². The number of nitrogens with zero attached hydrogens (tertiary/aromatic N) is 1. The highest BCUT2D eigenvalue weighted by Crippen LogP contribution is 2.30. The standard InChI is InChI=1S/C9H18IN/c1-8(2)11-6-4-5-9(3,10)7-11/h8H,4-7H2,1-3H3/t9-/m0/s1. The van der Waals surface area contributed by atoms with Crippen LogP contribution in [0.15, 0.2) is 0 Å². The van der Waals surface area contributed by atoms with Crippen LogP contribution in [0.4, 0.5) is 0 Å². The van der Waals surface area contributed by atoms with Crippen molar-refractivity contribution in [3.63, 3.8) is 0 Å². The zero-order chi connectivity index (χ0) is 8.48. The van der Waals surface area contributed by atoms with Crippen LogP contribution >= 0.6 is 22.6 Å². The first-order valence-corrected chi connectivity index (χ1v) is 5.52. The average Bonchev–Trinajstić information content (AvgIpc) is 1.85. The van der Waals surface area contributed by atoms with Crippen LogP contribution in [0.5, 0.6) is 0 Å². The molecule has 1 aliphatic heterocycles. The van der Waals surface area contributed by atoms with Crippen LogP contribution in [0.25, 0.3) is 0 Å². The molecule has 0 aromatic carbocycles. The molecule has 2 heteroatoms. The number of alkyl halides is 1. The molecule has 0 N–H and O–H groups in total. The predicted molar refractivity (Wildman–Crippen MR) is 58.4 cm³/mol. The largest absolute Gasteiger partial charge is 0.300 e. The Bertz CT molecular complexity index is 132. The lowest BCUT2D eigenvalue weighted by atomic mass is 9.99. The molecule has 0 unspecified atom stereocenters. The lowest BCUT2D eigenvalue weighted by Gasteiger charge is -2.39. The summed E-state index contributed by atoms with van der Waals surface area (Å²) >= 11 is 2.60. The molecule has 1 fully saturated rings. The Morgan fingerprint density at radius 2 is 2.09 bits per heavy atom. The first kappa shape index (κ1) is 9.78. The van der Waals surface area contributed by atoms with Crippen LogP contribution in [0.3, 0.4) is 0 Å². The molecule has 0 amide bonds. The minimum atomic E-state index is 0.528. The van der Waals surface area contributed by atoms with E-state index in [1.165, 1.54) is 25.9 Å². The highest BCUT2D eigenvalue weighted by Gasteiger charge is 2.28. The number of hydrogen-bond donors (Lipinski definition) is 0. The molecule has 11 heavy (non-hydrogen) atoms. The number of likely N-dealkylation sites (tertiary alicyclic amines) is 1. The van der Waals surface area contributed by atoms with Gasteiger partial charge in [0, 0.05) is 16.0 Å². The average molecular weight is 267 g/mol. The number of rotatable bonds is 1. The second-order valence-corrected chi connectivity index (χ2v) is 6.69. The molecule has 1 atom stereocenters. The van der Waals surface area contributed by atoms with Crippen LogP contribution in [0.1, 0.15) is 33.6 Å². The topological polar surface area (TPSA) is 3.24 Å². The monoisotopic (exact) mass is 267 g/mol. The van der Waals surface area contributed by atoms with Gasteiger partial charge >= 0.3 is 0 Å². The van der Waals surface area contributed by atoms with Crippen molar-refractivity contribution in [1.29, 1.82) is 0 Å². The van der Waals surface area contributed by atoms with E-state index in [1.807, 2.05) is 0 Å². The summed E-state index contributed by atoms with van der Waals surface area (Å²) in [7, 11) is 0. The molecule has 0 spiro atoms. The van der Waals surface area contributed by atoms with Crippen LogP contribution in [-0.2, 0) is 0 Å². The van der Waals surface area contributed by atoms with Crippen molar-refractivity contribution in [3.05, 3.63) is 0 Å². The minimum absolute atomic E-state index is 0.528. The summed E-state index contributed by atoms with van der Waals surface area (Å²) in [4.78, 5) is 2.58. The summed E-state index contributed by atoms with van der Waals surface area (Å²) in [5, 5.41) is 0. The van der Waals surface area contributed by atoms with E-state index in [9.17, 15) is 0 Å². The van der Waals surface area contributed by atoms with E-state index in [0.29, 0.717) is 3.42 Å². The van der Waals surface area contributed by atoms with Crippen molar-refractivity contribution < 1.29 is 0 Å². The first-order chi connectivity index (χ1) is 5.01. The molecule has 0 aromatic rings. The SMILES string of the molecule is CC(C)N1CCC[C@](C)(I)C1. The first-order valence-electron chi connectivity index (χ1n) is 4.44. The Labute approximate surface area is 83.7 Å². The Morgan fingerprint density at radius 1 is 1.45 bits per heavy atom. The Balaban J connectivity index is 2.46. The number of piperidine rings is 1. The van der Waals surface area contributed by atoms with Crippen LogP contribution in [0, 0.1) is 0 Å². The second kappa shape index (κ2) is 3.60. The van der Waals surface area contributed by atoms with Crippen molar-refractivity contribution in [2.45, 2.75) is 43.1 Å². The third-order valence-corrected chi connectivity index (χ3v) is 3.29. The molecular weight excluding hydrogens is 249 g/mol. The van der Waals surface area contributed by atoms with Gasteiger partial charge in [0.15, 0.2) is 0 Å². The summed E-state index contributed by atoms with van der Waals surface area (Å²) in [6.07, 6.45) is 2.76. The van der Waals surface area contributed by atoms with Gasteiger partial charge in [0.05, 0.1) is 0 Å². The van der Waals surface area contributed by atoms with E-state index < -0.39 is 0 Å². The van der Waals surface area contributed by atoms with E-state index in [-0.39, 0.29) is 0 Å². The molecule has 1 saturated heterocycles. The van der Waals surface area contributed by atoms with Gasteiger partial charge in [-0.05, 0) is 40.2 Å².